The molecular weight excluding hydrogens is 456 g/mol. The molecule has 37 heavy (non-hydrogen) atoms. The largest absolute Gasteiger partial charge is 0.300 e. The lowest BCUT2D eigenvalue weighted by atomic mass is 9.72. The second-order valence-electron chi connectivity index (χ2n) is 11.6. The first-order valence-corrected chi connectivity index (χ1v) is 15.4. The van der Waals surface area contributed by atoms with E-state index in [2.05, 4.69) is 33.8 Å². The summed E-state index contributed by atoms with van der Waals surface area (Å²) in [6, 6.07) is 6.10. The van der Waals surface area contributed by atoms with Gasteiger partial charge in [0.05, 0.1) is 6.42 Å². The molecule has 3 heteroatoms. The number of hydrogen-bond donors (Lipinski definition) is 0. The summed E-state index contributed by atoms with van der Waals surface area (Å²) in [6.45, 7) is 14.2. The molecule has 0 aromatic heterocycles. The average Bonchev–Trinajstić information content (AvgIpc) is 2.85. The molecule has 1 fully saturated rings. The highest BCUT2D eigenvalue weighted by Gasteiger charge is 2.32. The number of rotatable bonds is 10. The first-order chi connectivity index (χ1) is 17.7. The zero-order valence-electron chi connectivity index (χ0n) is 25.2. The maximum Gasteiger partial charge on any atom is 0.163 e. The Bertz CT molecular complexity index is 818. The van der Waals surface area contributed by atoms with Crippen LogP contribution >= 0.6 is 0 Å². The number of benzene rings is 1. The van der Waals surface area contributed by atoms with Gasteiger partial charge in [0.25, 0.3) is 0 Å². The maximum absolute atomic E-state index is 12.7. The van der Waals surface area contributed by atoms with Gasteiger partial charge in [-0.3, -0.25) is 14.4 Å². The minimum absolute atomic E-state index is 0.0460. The first-order valence-electron chi connectivity index (χ1n) is 15.4. The van der Waals surface area contributed by atoms with Crippen molar-refractivity contribution in [2.24, 2.45) is 23.7 Å². The lowest BCUT2D eigenvalue weighted by Gasteiger charge is -2.31. The van der Waals surface area contributed by atoms with Crippen LogP contribution in [0.2, 0.25) is 0 Å². The molecule has 2 aliphatic rings. The van der Waals surface area contributed by atoms with Gasteiger partial charge in [0.1, 0.15) is 11.6 Å². The lowest BCUT2D eigenvalue weighted by Crippen LogP contribution is -2.29. The Morgan fingerprint density at radius 3 is 2.11 bits per heavy atom. The Morgan fingerprint density at radius 2 is 1.59 bits per heavy atom. The summed E-state index contributed by atoms with van der Waals surface area (Å²) in [5.41, 5.74) is 3.14. The summed E-state index contributed by atoms with van der Waals surface area (Å²) < 4.78 is 0. The lowest BCUT2D eigenvalue weighted by molar-refractivity contribution is -0.129. The Hall–Kier alpha value is -1.77. The second-order valence-corrected chi connectivity index (χ2v) is 11.6. The Balaban J connectivity index is 0.000000516. The highest BCUT2D eigenvalue weighted by Crippen LogP contribution is 2.36. The van der Waals surface area contributed by atoms with Crippen LogP contribution in [-0.2, 0) is 16.0 Å². The molecule has 2 aliphatic carbocycles. The zero-order chi connectivity index (χ0) is 27.8. The summed E-state index contributed by atoms with van der Waals surface area (Å²) in [5, 5.41) is 0. The zero-order valence-corrected chi connectivity index (χ0v) is 25.2. The third kappa shape index (κ3) is 11.7. The molecule has 3 atom stereocenters. The van der Waals surface area contributed by atoms with Crippen molar-refractivity contribution in [3.05, 3.63) is 34.9 Å². The van der Waals surface area contributed by atoms with E-state index in [4.69, 9.17) is 0 Å². The molecule has 0 amide bonds. The van der Waals surface area contributed by atoms with Gasteiger partial charge in [-0.15, -0.1) is 0 Å². The van der Waals surface area contributed by atoms with E-state index in [1.165, 1.54) is 51.9 Å². The number of Topliss-reactive ketones (excluding diaryl/α,β-unsaturated/α-hetero) is 3. The van der Waals surface area contributed by atoms with E-state index in [0.717, 1.165) is 54.7 Å². The molecule has 0 heterocycles. The molecule has 1 aromatic carbocycles. The molecule has 3 rings (SSSR count). The fourth-order valence-corrected chi connectivity index (χ4v) is 6.29. The van der Waals surface area contributed by atoms with Gasteiger partial charge in [-0.1, -0.05) is 111 Å². The Morgan fingerprint density at radius 1 is 0.946 bits per heavy atom. The molecule has 0 aliphatic heterocycles. The predicted octanol–water partition coefficient (Wildman–Crippen LogP) is 9.51. The maximum atomic E-state index is 12.7. The fourth-order valence-electron chi connectivity index (χ4n) is 6.29. The van der Waals surface area contributed by atoms with Crippen LogP contribution in [0.1, 0.15) is 146 Å². The summed E-state index contributed by atoms with van der Waals surface area (Å²) in [4.78, 5) is 36.6. The van der Waals surface area contributed by atoms with E-state index in [1.807, 2.05) is 26.0 Å². The SMILES string of the molecule is CCC.CCC1CCCCC1.CCCC(CC1CC(=O)c2c(C)cccc2C1)C(CC)C(=O)CC(C)=O. The van der Waals surface area contributed by atoms with Crippen molar-refractivity contribution in [2.45, 2.75) is 138 Å². The van der Waals surface area contributed by atoms with Crippen molar-refractivity contribution in [3.63, 3.8) is 0 Å². The molecule has 0 spiro atoms. The summed E-state index contributed by atoms with van der Waals surface area (Å²) in [7, 11) is 0. The van der Waals surface area contributed by atoms with Gasteiger partial charge >= 0.3 is 0 Å². The number of aryl methyl sites for hydroxylation is 1. The molecule has 3 nitrogen and oxygen atoms in total. The molecule has 1 aromatic rings. The summed E-state index contributed by atoms with van der Waals surface area (Å²) in [5.74, 6) is 1.86. The monoisotopic (exact) mass is 512 g/mol. The van der Waals surface area contributed by atoms with Crippen LogP contribution in [0.15, 0.2) is 18.2 Å². The van der Waals surface area contributed by atoms with Crippen LogP contribution in [0.3, 0.4) is 0 Å². The van der Waals surface area contributed by atoms with Crippen molar-refractivity contribution in [1.82, 2.24) is 0 Å². The molecular formula is C34H56O3. The number of ketones is 3. The predicted molar refractivity (Wildman–Crippen MR) is 157 cm³/mol. The second kappa shape index (κ2) is 18.5. The topological polar surface area (TPSA) is 51.2 Å². The highest BCUT2D eigenvalue weighted by atomic mass is 16.1. The third-order valence-corrected chi connectivity index (χ3v) is 8.06. The van der Waals surface area contributed by atoms with E-state index in [1.54, 1.807) is 0 Å². The fraction of sp³-hybridized carbons (Fsp3) is 0.735. The van der Waals surface area contributed by atoms with E-state index < -0.39 is 0 Å². The molecule has 0 bridgehead atoms. The smallest absolute Gasteiger partial charge is 0.163 e. The van der Waals surface area contributed by atoms with Crippen molar-refractivity contribution in [2.75, 3.05) is 0 Å². The van der Waals surface area contributed by atoms with Crippen molar-refractivity contribution in [3.8, 4) is 0 Å². The number of carbonyl (C=O) groups excluding carboxylic acids is 3. The van der Waals surface area contributed by atoms with Crippen LogP contribution in [-0.4, -0.2) is 17.3 Å². The minimum atomic E-state index is -0.0622. The van der Waals surface area contributed by atoms with Crippen molar-refractivity contribution < 1.29 is 14.4 Å². The van der Waals surface area contributed by atoms with Gasteiger partial charge in [0, 0.05) is 17.9 Å². The van der Waals surface area contributed by atoms with E-state index >= 15 is 0 Å². The van der Waals surface area contributed by atoms with Crippen molar-refractivity contribution >= 4 is 17.3 Å². The molecule has 0 N–H and O–H groups in total. The van der Waals surface area contributed by atoms with Crippen LogP contribution in [0.4, 0.5) is 0 Å². The van der Waals surface area contributed by atoms with Gasteiger partial charge in [0.15, 0.2) is 5.78 Å². The Kier molecular flexibility index (Phi) is 16.6. The van der Waals surface area contributed by atoms with E-state index in [0.29, 0.717) is 12.3 Å². The van der Waals surface area contributed by atoms with Crippen LogP contribution in [0.25, 0.3) is 0 Å². The van der Waals surface area contributed by atoms with Gasteiger partial charge in [-0.05, 0) is 62.0 Å². The quantitative estimate of drug-likeness (QED) is 0.293. The van der Waals surface area contributed by atoms with Crippen LogP contribution < -0.4 is 0 Å². The summed E-state index contributed by atoms with van der Waals surface area (Å²) in [6.07, 6.45) is 15.4. The van der Waals surface area contributed by atoms with Crippen LogP contribution in [0, 0.1) is 30.6 Å². The Labute approximate surface area is 228 Å². The third-order valence-electron chi connectivity index (χ3n) is 8.06. The van der Waals surface area contributed by atoms with Crippen LogP contribution in [0.5, 0.6) is 0 Å². The normalized spacial score (nSPS) is 18.9. The van der Waals surface area contributed by atoms with Gasteiger partial charge in [-0.2, -0.15) is 0 Å². The summed E-state index contributed by atoms with van der Waals surface area (Å²) >= 11 is 0. The molecule has 1 saturated carbocycles. The van der Waals surface area contributed by atoms with Gasteiger partial charge in [0.2, 0.25) is 0 Å². The van der Waals surface area contributed by atoms with Gasteiger partial charge in [-0.25, -0.2) is 0 Å². The first kappa shape index (κ1) is 33.3. The molecule has 3 unspecified atom stereocenters. The van der Waals surface area contributed by atoms with E-state index in [9.17, 15) is 14.4 Å². The minimum Gasteiger partial charge on any atom is -0.300 e. The van der Waals surface area contributed by atoms with E-state index in [-0.39, 0.29) is 35.6 Å². The molecule has 210 valence electrons. The average molecular weight is 513 g/mol. The number of hydrogen-bond acceptors (Lipinski definition) is 3. The highest BCUT2D eigenvalue weighted by molar-refractivity contribution is 6.00. The van der Waals surface area contributed by atoms with Crippen molar-refractivity contribution in [1.29, 1.82) is 0 Å². The molecule has 0 radical (unpaired) electrons. The standard InChI is InChI=1S/C23H32O3.C8H16.C3H8/c1-5-8-18(20(6-2)21(25)11-16(4)24)12-17-13-19-10-7-9-15(3)23(19)22(26)14-17;1-2-8-6-4-3-5-7-8;1-3-2/h7,9-10,17-18,20H,5-6,8,11-14H2,1-4H3;8H,2-7H2,1H3;3H2,1-2H3. The number of fused-ring (bicyclic) bond motifs is 1. The van der Waals surface area contributed by atoms with Gasteiger partial charge < -0.3 is 0 Å². The molecule has 0 saturated heterocycles. The number of carbonyl (C=O) groups is 3.